The lowest BCUT2D eigenvalue weighted by Crippen LogP contribution is -2.47. The van der Waals surface area contributed by atoms with Crippen LogP contribution in [0.15, 0.2) is 29.3 Å². The van der Waals surface area contributed by atoms with Crippen LogP contribution in [0, 0.1) is 0 Å². The maximum atomic E-state index is 11.9. The topological polar surface area (TPSA) is 66.0 Å². The molecule has 6 nitrogen and oxygen atoms in total. The summed E-state index contributed by atoms with van der Waals surface area (Å²) in [4.78, 5) is 18.0. The number of likely N-dealkylation sites (N-methyl/N-ethyl adjacent to an activating group) is 1. The highest BCUT2D eigenvalue weighted by molar-refractivity contribution is 5.85. The number of aliphatic imine (C=N–C) groups is 1. The second-order valence-corrected chi connectivity index (χ2v) is 8.05. The molecule has 2 rings (SSSR count). The molecule has 1 amide bonds. The van der Waals surface area contributed by atoms with E-state index in [1.807, 2.05) is 12.1 Å². The van der Waals surface area contributed by atoms with E-state index in [2.05, 4.69) is 41.6 Å². The van der Waals surface area contributed by atoms with Gasteiger partial charge >= 0.3 is 0 Å². The Morgan fingerprint density at radius 2 is 2.00 bits per heavy atom. The molecule has 0 bridgehead atoms. The number of benzene rings is 1. The first-order valence-corrected chi connectivity index (χ1v) is 9.71. The minimum absolute atomic E-state index is 0.00502. The Hall–Kier alpha value is -2.24. The standard InChI is InChI=1S/C21H34N4O2/c1-21(2,16-9-8-12-18(13-16)27-5)15-23-20(22-14-19(26)25(3)4)24-17-10-6-7-11-17/h8-9,12-13,17H,6-7,10-11,14-15H2,1-5H3,(H2,22,23,24). The Kier molecular flexibility index (Phi) is 7.51. The molecular weight excluding hydrogens is 340 g/mol. The van der Waals surface area contributed by atoms with Gasteiger partial charge in [-0.1, -0.05) is 38.8 Å². The van der Waals surface area contributed by atoms with Gasteiger partial charge in [-0.2, -0.15) is 0 Å². The summed E-state index contributed by atoms with van der Waals surface area (Å²) in [5.74, 6) is 1.57. The highest BCUT2D eigenvalue weighted by Gasteiger charge is 2.23. The predicted molar refractivity (Wildman–Crippen MR) is 110 cm³/mol. The van der Waals surface area contributed by atoms with Gasteiger partial charge in [0, 0.05) is 32.1 Å². The zero-order chi connectivity index (χ0) is 19.9. The zero-order valence-corrected chi connectivity index (χ0v) is 17.3. The molecule has 1 aromatic carbocycles. The largest absolute Gasteiger partial charge is 0.497 e. The van der Waals surface area contributed by atoms with E-state index < -0.39 is 0 Å². The number of guanidine groups is 1. The molecule has 27 heavy (non-hydrogen) atoms. The van der Waals surface area contributed by atoms with E-state index >= 15 is 0 Å². The third kappa shape index (κ3) is 6.45. The summed E-state index contributed by atoms with van der Waals surface area (Å²) in [7, 11) is 5.19. The minimum atomic E-state index is -0.113. The quantitative estimate of drug-likeness (QED) is 0.569. The van der Waals surface area contributed by atoms with Crippen LogP contribution < -0.4 is 15.4 Å². The van der Waals surface area contributed by atoms with Crippen molar-refractivity contribution in [2.75, 3.05) is 34.3 Å². The smallest absolute Gasteiger partial charge is 0.243 e. The number of nitrogens with one attached hydrogen (secondary N) is 2. The molecular formula is C21H34N4O2. The zero-order valence-electron chi connectivity index (χ0n) is 17.3. The monoisotopic (exact) mass is 374 g/mol. The summed E-state index contributed by atoms with van der Waals surface area (Å²) in [5.41, 5.74) is 1.08. The summed E-state index contributed by atoms with van der Waals surface area (Å²) in [6, 6.07) is 8.58. The molecule has 0 unspecified atom stereocenters. The van der Waals surface area contributed by atoms with Crippen molar-refractivity contribution in [3.8, 4) is 5.75 Å². The summed E-state index contributed by atoms with van der Waals surface area (Å²) in [5, 5.41) is 6.94. The maximum absolute atomic E-state index is 11.9. The number of ether oxygens (including phenoxy) is 1. The van der Waals surface area contributed by atoms with Crippen LogP contribution in [0.3, 0.4) is 0 Å². The molecule has 0 aromatic heterocycles. The number of hydrogen-bond donors (Lipinski definition) is 2. The molecule has 0 aliphatic heterocycles. The number of amides is 1. The van der Waals surface area contributed by atoms with Gasteiger partial charge in [-0.15, -0.1) is 0 Å². The van der Waals surface area contributed by atoms with Gasteiger partial charge in [0.15, 0.2) is 5.96 Å². The molecule has 0 spiro atoms. The lowest BCUT2D eigenvalue weighted by atomic mass is 9.84. The van der Waals surface area contributed by atoms with Gasteiger partial charge in [0.2, 0.25) is 5.91 Å². The van der Waals surface area contributed by atoms with Crippen molar-refractivity contribution in [2.45, 2.75) is 51.0 Å². The highest BCUT2D eigenvalue weighted by atomic mass is 16.5. The van der Waals surface area contributed by atoms with Crippen molar-refractivity contribution in [2.24, 2.45) is 4.99 Å². The molecule has 1 aliphatic rings. The summed E-state index contributed by atoms with van der Waals surface area (Å²) in [6.45, 7) is 5.23. The highest BCUT2D eigenvalue weighted by Crippen LogP contribution is 2.25. The Morgan fingerprint density at radius 1 is 1.30 bits per heavy atom. The van der Waals surface area contributed by atoms with Crippen molar-refractivity contribution in [3.05, 3.63) is 29.8 Å². The van der Waals surface area contributed by atoms with Crippen molar-refractivity contribution in [1.29, 1.82) is 0 Å². The van der Waals surface area contributed by atoms with Gasteiger partial charge in [0.05, 0.1) is 7.11 Å². The van der Waals surface area contributed by atoms with Gasteiger partial charge < -0.3 is 20.3 Å². The maximum Gasteiger partial charge on any atom is 0.243 e. The van der Waals surface area contributed by atoms with E-state index in [-0.39, 0.29) is 17.9 Å². The van der Waals surface area contributed by atoms with Crippen molar-refractivity contribution >= 4 is 11.9 Å². The van der Waals surface area contributed by atoms with E-state index in [0.29, 0.717) is 18.5 Å². The number of methoxy groups -OCH3 is 1. The fourth-order valence-corrected chi connectivity index (χ4v) is 3.15. The number of rotatable bonds is 7. The normalized spacial score (nSPS) is 15.5. The van der Waals surface area contributed by atoms with Gasteiger partial charge in [-0.05, 0) is 30.5 Å². The van der Waals surface area contributed by atoms with Gasteiger partial charge in [0.25, 0.3) is 0 Å². The van der Waals surface area contributed by atoms with Crippen molar-refractivity contribution < 1.29 is 9.53 Å². The minimum Gasteiger partial charge on any atom is -0.497 e. The first-order valence-electron chi connectivity index (χ1n) is 9.71. The average molecular weight is 375 g/mol. The average Bonchev–Trinajstić information content (AvgIpc) is 3.16. The van der Waals surface area contributed by atoms with Crippen LogP contribution in [0.1, 0.15) is 45.1 Å². The van der Waals surface area contributed by atoms with Crippen LogP contribution in [0.25, 0.3) is 0 Å². The van der Waals surface area contributed by atoms with Gasteiger partial charge in [-0.3, -0.25) is 4.79 Å². The van der Waals surface area contributed by atoms with Crippen LogP contribution in [0.2, 0.25) is 0 Å². The van der Waals surface area contributed by atoms with Crippen LogP contribution in [-0.2, 0) is 10.2 Å². The molecule has 1 aliphatic carbocycles. The van der Waals surface area contributed by atoms with E-state index in [1.165, 1.54) is 18.4 Å². The van der Waals surface area contributed by atoms with Crippen LogP contribution in [0.5, 0.6) is 5.75 Å². The lowest BCUT2D eigenvalue weighted by molar-refractivity contribution is -0.127. The third-order valence-electron chi connectivity index (χ3n) is 5.12. The summed E-state index contributed by atoms with van der Waals surface area (Å²) in [6.07, 6.45) is 4.80. The predicted octanol–water partition coefficient (Wildman–Crippen LogP) is 2.54. The van der Waals surface area contributed by atoms with Gasteiger partial charge in [-0.25, -0.2) is 4.99 Å². The molecule has 1 aromatic rings. The molecule has 1 fully saturated rings. The summed E-state index contributed by atoms with van der Waals surface area (Å²) >= 11 is 0. The first-order chi connectivity index (χ1) is 12.8. The molecule has 0 saturated heterocycles. The molecule has 0 heterocycles. The van der Waals surface area contributed by atoms with Crippen LogP contribution in [0.4, 0.5) is 0 Å². The second-order valence-electron chi connectivity index (χ2n) is 8.05. The number of nitrogens with zero attached hydrogens (tertiary/aromatic N) is 2. The third-order valence-corrected chi connectivity index (χ3v) is 5.12. The number of carbonyl (C=O) groups is 1. The van der Waals surface area contributed by atoms with Crippen LogP contribution >= 0.6 is 0 Å². The van der Waals surface area contributed by atoms with Gasteiger partial charge in [0.1, 0.15) is 12.3 Å². The molecule has 0 radical (unpaired) electrons. The van der Waals surface area contributed by atoms with E-state index in [4.69, 9.17) is 4.74 Å². The van der Waals surface area contributed by atoms with E-state index in [1.54, 1.807) is 26.1 Å². The van der Waals surface area contributed by atoms with Crippen molar-refractivity contribution in [3.63, 3.8) is 0 Å². The molecule has 1 saturated carbocycles. The Labute approximate surface area is 163 Å². The lowest BCUT2D eigenvalue weighted by Gasteiger charge is -2.28. The molecule has 6 heteroatoms. The Bertz CT molecular complexity index is 649. The fraction of sp³-hybridized carbons (Fsp3) is 0.619. The Balaban J connectivity index is 2.05. The van der Waals surface area contributed by atoms with Crippen molar-refractivity contribution in [1.82, 2.24) is 15.5 Å². The van der Waals surface area contributed by atoms with Crippen LogP contribution in [-0.4, -0.2) is 57.1 Å². The fourth-order valence-electron chi connectivity index (χ4n) is 3.15. The number of hydrogen-bond acceptors (Lipinski definition) is 3. The van der Waals surface area contributed by atoms with E-state index in [0.717, 1.165) is 18.6 Å². The van der Waals surface area contributed by atoms with E-state index in [9.17, 15) is 4.79 Å². The molecule has 0 atom stereocenters. The SMILES string of the molecule is COc1cccc(C(C)(C)CNC(=NCC(=O)N(C)C)NC2CCCC2)c1. The summed E-state index contributed by atoms with van der Waals surface area (Å²) < 4.78 is 5.35. The first kappa shape index (κ1) is 21.1. The molecule has 150 valence electrons. The Morgan fingerprint density at radius 3 is 2.63 bits per heavy atom. The second kappa shape index (κ2) is 9.62. The number of carbonyl (C=O) groups excluding carboxylic acids is 1. The molecule has 2 N–H and O–H groups in total.